The number of esters is 2. The first-order chi connectivity index (χ1) is 18.7. The van der Waals surface area contributed by atoms with Gasteiger partial charge in [0.25, 0.3) is 0 Å². The van der Waals surface area contributed by atoms with Gasteiger partial charge >= 0.3 is 11.9 Å². The van der Waals surface area contributed by atoms with E-state index in [-0.39, 0.29) is 30.4 Å². The Morgan fingerprint density at radius 1 is 1.12 bits per heavy atom. The van der Waals surface area contributed by atoms with Gasteiger partial charge in [-0.1, -0.05) is 52.7 Å². The molecule has 7 heteroatoms. The van der Waals surface area contributed by atoms with E-state index in [2.05, 4.69) is 20.8 Å². The van der Waals surface area contributed by atoms with E-state index in [4.69, 9.17) is 9.47 Å². The monoisotopic (exact) mass is 558 g/mol. The number of ether oxygens (including phenoxy) is 2. The fraction of sp³-hybridized carbons (Fsp3) is 0.818. The van der Waals surface area contributed by atoms with E-state index in [0.29, 0.717) is 37.5 Å². The molecular formula is C33H50O7. The maximum absolute atomic E-state index is 13.4. The van der Waals surface area contributed by atoms with Gasteiger partial charge in [-0.2, -0.15) is 0 Å². The van der Waals surface area contributed by atoms with Crippen LogP contribution >= 0.6 is 0 Å². The summed E-state index contributed by atoms with van der Waals surface area (Å²) in [5.74, 6) is -0.510. The Labute approximate surface area is 239 Å². The van der Waals surface area contributed by atoms with Crippen molar-refractivity contribution in [1.82, 2.24) is 0 Å². The summed E-state index contributed by atoms with van der Waals surface area (Å²) in [5, 5.41) is 38.6. The molecule has 40 heavy (non-hydrogen) atoms. The summed E-state index contributed by atoms with van der Waals surface area (Å²) >= 11 is 0. The molecule has 1 spiro atoms. The summed E-state index contributed by atoms with van der Waals surface area (Å²) in [7, 11) is 0. The van der Waals surface area contributed by atoms with E-state index in [1.165, 1.54) is 13.0 Å². The van der Waals surface area contributed by atoms with E-state index in [0.717, 1.165) is 44.1 Å². The standard InChI is InChI=1S/C33H50O7/c1-21(2)10-14-31(37)17-16-29(4)19-25(40-22(3)34)28-30(5,24-8-6-7-9-24)13-12-26(35)33(28,31)32(29,38)15-11-23-18-27(36)39-20-23/h16-18,21,24-26,28,35,37-38H,6-15,19-20H2,1-5H3. The zero-order valence-corrected chi connectivity index (χ0v) is 25.1. The average molecular weight is 559 g/mol. The lowest BCUT2D eigenvalue weighted by Crippen LogP contribution is -2.83. The summed E-state index contributed by atoms with van der Waals surface area (Å²) in [6, 6.07) is 0. The molecule has 8 atom stereocenters. The summed E-state index contributed by atoms with van der Waals surface area (Å²) in [4.78, 5) is 24.5. The van der Waals surface area contributed by atoms with E-state index in [9.17, 15) is 24.9 Å². The molecule has 5 rings (SSSR count). The molecule has 0 aromatic rings. The van der Waals surface area contributed by atoms with Crippen molar-refractivity contribution in [3.05, 3.63) is 23.8 Å². The highest BCUT2D eigenvalue weighted by Crippen LogP contribution is 2.75. The van der Waals surface area contributed by atoms with Gasteiger partial charge in [-0.15, -0.1) is 0 Å². The smallest absolute Gasteiger partial charge is 0.331 e. The van der Waals surface area contributed by atoms with Crippen molar-refractivity contribution in [1.29, 1.82) is 0 Å². The van der Waals surface area contributed by atoms with Crippen LogP contribution in [0.3, 0.4) is 0 Å². The minimum atomic E-state index is -1.52. The summed E-state index contributed by atoms with van der Waals surface area (Å²) in [5.41, 5.74) is -4.79. The lowest BCUT2D eigenvalue weighted by molar-refractivity contribution is -0.361. The van der Waals surface area contributed by atoms with Gasteiger partial charge in [0.2, 0.25) is 0 Å². The lowest BCUT2D eigenvalue weighted by Gasteiger charge is -2.76. The number of rotatable bonds is 8. The van der Waals surface area contributed by atoms with Gasteiger partial charge in [0.05, 0.1) is 22.7 Å². The molecule has 8 unspecified atom stereocenters. The van der Waals surface area contributed by atoms with Gasteiger partial charge in [-0.25, -0.2) is 4.79 Å². The fourth-order valence-electron chi connectivity index (χ4n) is 10.1. The average Bonchev–Trinajstić information content (AvgIpc) is 3.56. The third kappa shape index (κ3) is 4.24. The maximum atomic E-state index is 13.4. The number of carbonyl (C=O) groups excluding carboxylic acids is 2. The van der Waals surface area contributed by atoms with Crippen molar-refractivity contribution < 1.29 is 34.4 Å². The molecule has 1 heterocycles. The topological polar surface area (TPSA) is 113 Å². The Kier molecular flexibility index (Phi) is 7.62. The van der Waals surface area contributed by atoms with Crippen LogP contribution in [-0.2, 0) is 19.1 Å². The minimum absolute atomic E-state index is 0.202. The van der Waals surface area contributed by atoms with E-state index in [1.54, 1.807) is 0 Å². The van der Waals surface area contributed by atoms with Crippen molar-refractivity contribution in [3.63, 3.8) is 0 Å². The number of aliphatic hydroxyl groups excluding tert-OH is 1. The summed E-state index contributed by atoms with van der Waals surface area (Å²) in [6.07, 6.45) is 11.6. The number of hydrogen-bond acceptors (Lipinski definition) is 7. The third-order valence-corrected chi connectivity index (χ3v) is 12.0. The largest absolute Gasteiger partial charge is 0.462 e. The highest BCUT2D eigenvalue weighted by atomic mass is 16.5. The Hall–Kier alpha value is -1.70. The predicted octanol–water partition coefficient (Wildman–Crippen LogP) is 5.01. The number of fused-ring (bicyclic) bond motifs is 1. The van der Waals surface area contributed by atoms with Crippen LogP contribution in [0.5, 0.6) is 0 Å². The van der Waals surface area contributed by atoms with Crippen molar-refractivity contribution in [2.45, 2.75) is 129 Å². The van der Waals surface area contributed by atoms with Gasteiger partial charge in [-0.05, 0) is 80.6 Å². The number of cyclic esters (lactones) is 1. The minimum Gasteiger partial charge on any atom is -0.462 e. The quantitative estimate of drug-likeness (QED) is 0.283. The van der Waals surface area contributed by atoms with E-state index >= 15 is 0 Å². The molecule has 0 saturated heterocycles. The van der Waals surface area contributed by atoms with E-state index < -0.39 is 40.2 Å². The summed E-state index contributed by atoms with van der Waals surface area (Å²) < 4.78 is 11.3. The molecule has 224 valence electrons. The molecule has 0 aromatic heterocycles. The van der Waals surface area contributed by atoms with Crippen molar-refractivity contribution >= 4 is 11.9 Å². The third-order valence-electron chi connectivity index (χ3n) is 12.0. The van der Waals surface area contributed by atoms with Crippen LogP contribution in [0.1, 0.15) is 105 Å². The van der Waals surface area contributed by atoms with Crippen LogP contribution in [0.15, 0.2) is 23.8 Å². The molecule has 4 aliphatic carbocycles. The second-order valence-electron chi connectivity index (χ2n) is 14.6. The fourth-order valence-corrected chi connectivity index (χ4v) is 10.1. The van der Waals surface area contributed by atoms with Crippen LogP contribution in [0.2, 0.25) is 0 Å². The molecule has 2 bridgehead atoms. The Bertz CT molecular complexity index is 1070. The number of aliphatic hydroxyl groups is 3. The second-order valence-corrected chi connectivity index (χ2v) is 14.6. The molecule has 0 aromatic carbocycles. The number of hydrogen-bond donors (Lipinski definition) is 3. The molecule has 1 aliphatic heterocycles. The number of carbonyl (C=O) groups is 2. The van der Waals surface area contributed by atoms with Crippen LogP contribution in [0.25, 0.3) is 0 Å². The predicted molar refractivity (Wildman–Crippen MR) is 151 cm³/mol. The van der Waals surface area contributed by atoms with Crippen LogP contribution < -0.4 is 0 Å². The summed E-state index contributed by atoms with van der Waals surface area (Å²) in [6.45, 7) is 10.1. The Balaban J connectivity index is 1.75. The SMILES string of the molecule is CC(=O)OC1CC2(C)C=CC(O)(CCC(C)C)C3(C(O)CCC(C)(C4CCCC4)C13)C2(O)CCC1=CC(=O)OC1. The molecule has 5 aliphatic rings. The van der Waals surface area contributed by atoms with Gasteiger partial charge in [-0.3, -0.25) is 4.79 Å². The maximum Gasteiger partial charge on any atom is 0.331 e. The van der Waals surface area contributed by atoms with Gasteiger partial charge in [0, 0.05) is 24.3 Å². The molecule has 3 saturated carbocycles. The van der Waals surface area contributed by atoms with Crippen molar-refractivity contribution in [3.8, 4) is 0 Å². The van der Waals surface area contributed by atoms with Crippen LogP contribution in [0, 0.1) is 34.0 Å². The molecule has 7 nitrogen and oxygen atoms in total. The second kappa shape index (κ2) is 10.2. The first-order valence-corrected chi connectivity index (χ1v) is 15.6. The van der Waals surface area contributed by atoms with E-state index in [1.807, 2.05) is 19.1 Å². The highest BCUT2D eigenvalue weighted by molar-refractivity contribution is 5.85. The molecule has 3 fully saturated rings. The zero-order valence-electron chi connectivity index (χ0n) is 25.1. The highest BCUT2D eigenvalue weighted by Gasteiger charge is 2.81. The van der Waals surface area contributed by atoms with Gasteiger partial charge in [0.15, 0.2) is 0 Å². The van der Waals surface area contributed by atoms with Crippen LogP contribution in [0.4, 0.5) is 0 Å². The molecule has 3 N–H and O–H groups in total. The van der Waals surface area contributed by atoms with Gasteiger partial charge in [0.1, 0.15) is 12.7 Å². The van der Waals surface area contributed by atoms with Crippen molar-refractivity contribution in [2.75, 3.05) is 6.61 Å². The normalized spacial score (nSPS) is 44.9. The molecular weight excluding hydrogens is 508 g/mol. The van der Waals surface area contributed by atoms with Crippen molar-refractivity contribution in [2.24, 2.45) is 34.0 Å². The first kappa shape index (κ1) is 29.8. The Morgan fingerprint density at radius 3 is 2.42 bits per heavy atom. The zero-order chi connectivity index (χ0) is 29.1. The lowest BCUT2D eigenvalue weighted by atomic mass is 9.31. The molecule has 0 amide bonds. The van der Waals surface area contributed by atoms with Gasteiger partial charge < -0.3 is 24.8 Å². The molecule has 0 radical (unpaired) electrons. The first-order valence-electron chi connectivity index (χ1n) is 15.6. The van der Waals surface area contributed by atoms with Crippen LogP contribution in [-0.4, -0.2) is 57.3 Å². The Morgan fingerprint density at radius 2 is 1.82 bits per heavy atom.